The number of rotatable bonds is 8. The van der Waals surface area contributed by atoms with Crippen LogP contribution in [0.4, 0.5) is 10.8 Å². The SMILES string of the molecule is CCN(CC)S(=O)(=O)c1cccc(C(=O)Nc2ccc(C(=O)Nc3nccs3)cc2)c1. The van der Waals surface area contributed by atoms with Crippen LogP contribution in [-0.4, -0.2) is 42.6 Å². The largest absolute Gasteiger partial charge is 0.322 e. The number of amides is 2. The summed E-state index contributed by atoms with van der Waals surface area (Å²) in [4.78, 5) is 28.9. The molecule has 0 aliphatic heterocycles. The maximum Gasteiger partial charge on any atom is 0.257 e. The van der Waals surface area contributed by atoms with Crippen LogP contribution in [-0.2, 0) is 10.0 Å². The molecule has 1 heterocycles. The minimum atomic E-state index is -3.66. The molecule has 0 radical (unpaired) electrons. The van der Waals surface area contributed by atoms with Gasteiger partial charge in [-0.05, 0) is 42.5 Å². The van der Waals surface area contributed by atoms with E-state index in [1.807, 2.05) is 0 Å². The van der Waals surface area contributed by atoms with Crippen molar-refractivity contribution in [3.8, 4) is 0 Å². The minimum absolute atomic E-state index is 0.0676. The fraction of sp³-hybridized carbons (Fsp3) is 0.190. The summed E-state index contributed by atoms with van der Waals surface area (Å²) in [6.07, 6.45) is 1.60. The Bertz CT molecular complexity index is 1160. The van der Waals surface area contributed by atoms with E-state index in [0.29, 0.717) is 29.5 Å². The summed E-state index contributed by atoms with van der Waals surface area (Å²) < 4.78 is 26.7. The van der Waals surface area contributed by atoms with Gasteiger partial charge in [0, 0.05) is 41.5 Å². The van der Waals surface area contributed by atoms with Gasteiger partial charge in [0.15, 0.2) is 5.13 Å². The van der Waals surface area contributed by atoms with Crippen LogP contribution in [0.5, 0.6) is 0 Å². The maximum absolute atomic E-state index is 12.7. The number of aromatic nitrogens is 1. The van der Waals surface area contributed by atoms with Crippen LogP contribution in [0, 0.1) is 0 Å². The number of nitrogens with zero attached hydrogens (tertiary/aromatic N) is 2. The Morgan fingerprint density at radius 3 is 2.26 bits per heavy atom. The number of nitrogens with one attached hydrogen (secondary N) is 2. The highest BCUT2D eigenvalue weighted by Gasteiger charge is 2.22. The van der Waals surface area contributed by atoms with E-state index in [9.17, 15) is 18.0 Å². The fourth-order valence-corrected chi connectivity index (χ4v) is 4.90. The van der Waals surface area contributed by atoms with Gasteiger partial charge in [-0.2, -0.15) is 4.31 Å². The van der Waals surface area contributed by atoms with Crippen LogP contribution in [0.25, 0.3) is 0 Å². The molecular formula is C21H22N4O4S2. The second-order valence-corrected chi connectivity index (χ2v) is 9.27. The number of hydrogen-bond acceptors (Lipinski definition) is 6. The van der Waals surface area contributed by atoms with E-state index in [4.69, 9.17) is 0 Å². The molecule has 2 aromatic carbocycles. The van der Waals surface area contributed by atoms with E-state index < -0.39 is 15.9 Å². The van der Waals surface area contributed by atoms with Gasteiger partial charge in [0.25, 0.3) is 11.8 Å². The van der Waals surface area contributed by atoms with Crippen LogP contribution >= 0.6 is 11.3 Å². The molecule has 8 nitrogen and oxygen atoms in total. The highest BCUT2D eigenvalue weighted by atomic mass is 32.2. The highest BCUT2D eigenvalue weighted by molar-refractivity contribution is 7.89. The second-order valence-electron chi connectivity index (χ2n) is 6.44. The summed E-state index contributed by atoms with van der Waals surface area (Å²) in [5.74, 6) is -0.751. The summed E-state index contributed by atoms with van der Waals surface area (Å²) >= 11 is 1.32. The zero-order chi connectivity index (χ0) is 22.4. The molecule has 2 amide bonds. The Hall–Kier alpha value is -3.08. The lowest BCUT2D eigenvalue weighted by molar-refractivity contribution is 0.101. The van der Waals surface area contributed by atoms with Crippen LogP contribution in [0.3, 0.4) is 0 Å². The third kappa shape index (κ3) is 5.35. The Kier molecular flexibility index (Phi) is 7.16. The van der Waals surface area contributed by atoms with Gasteiger partial charge in [-0.1, -0.05) is 19.9 Å². The first-order valence-electron chi connectivity index (χ1n) is 9.57. The third-order valence-corrected chi connectivity index (χ3v) is 7.23. The maximum atomic E-state index is 12.7. The number of thiazole rings is 1. The molecule has 162 valence electrons. The molecule has 10 heteroatoms. The molecule has 0 unspecified atom stereocenters. The van der Waals surface area contributed by atoms with Gasteiger partial charge in [0.05, 0.1) is 4.90 Å². The molecule has 0 aliphatic rings. The molecule has 0 saturated heterocycles. The number of anilines is 2. The average Bonchev–Trinajstić information content (AvgIpc) is 3.28. The number of hydrogen-bond donors (Lipinski definition) is 2. The molecule has 3 rings (SSSR count). The van der Waals surface area contributed by atoms with E-state index in [1.54, 1.807) is 55.8 Å². The Balaban J connectivity index is 1.71. The predicted octanol–water partition coefficient (Wildman–Crippen LogP) is 3.68. The standard InChI is InChI=1S/C21H22N4O4S2/c1-3-25(4-2)31(28,29)18-7-5-6-16(14-18)20(27)23-17-10-8-15(9-11-17)19(26)24-21-22-12-13-30-21/h5-14H,3-4H2,1-2H3,(H,23,27)(H,22,24,26). The van der Waals surface area contributed by atoms with Crippen molar-refractivity contribution < 1.29 is 18.0 Å². The zero-order valence-electron chi connectivity index (χ0n) is 17.0. The molecule has 2 N–H and O–H groups in total. The number of carbonyl (C=O) groups excluding carboxylic acids is 2. The minimum Gasteiger partial charge on any atom is -0.322 e. The molecule has 0 spiro atoms. The Morgan fingerprint density at radius 1 is 0.968 bits per heavy atom. The lowest BCUT2D eigenvalue weighted by atomic mass is 10.1. The molecule has 0 bridgehead atoms. The average molecular weight is 459 g/mol. The smallest absolute Gasteiger partial charge is 0.257 e. The number of sulfonamides is 1. The Morgan fingerprint density at radius 2 is 1.65 bits per heavy atom. The first kappa shape index (κ1) is 22.6. The normalized spacial score (nSPS) is 11.3. The first-order valence-corrected chi connectivity index (χ1v) is 11.9. The lowest BCUT2D eigenvalue weighted by Crippen LogP contribution is -2.30. The topological polar surface area (TPSA) is 108 Å². The predicted molar refractivity (Wildman–Crippen MR) is 121 cm³/mol. The fourth-order valence-electron chi connectivity index (χ4n) is 2.87. The number of carbonyl (C=O) groups is 2. The van der Waals surface area contributed by atoms with Crippen molar-refractivity contribution in [2.75, 3.05) is 23.7 Å². The molecule has 3 aromatic rings. The van der Waals surface area contributed by atoms with Gasteiger partial charge >= 0.3 is 0 Å². The second kappa shape index (κ2) is 9.82. The van der Waals surface area contributed by atoms with Gasteiger partial charge in [0.2, 0.25) is 10.0 Å². The van der Waals surface area contributed by atoms with Crippen LogP contribution in [0.1, 0.15) is 34.6 Å². The molecule has 1 aromatic heterocycles. The molecule has 0 saturated carbocycles. The van der Waals surface area contributed by atoms with Gasteiger partial charge in [-0.3, -0.25) is 14.9 Å². The monoisotopic (exact) mass is 458 g/mol. The highest BCUT2D eigenvalue weighted by Crippen LogP contribution is 2.19. The zero-order valence-corrected chi connectivity index (χ0v) is 18.7. The Labute approximate surface area is 185 Å². The van der Waals surface area contributed by atoms with Gasteiger partial charge in [-0.15, -0.1) is 11.3 Å². The molecular weight excluding hydrogens is 436 g/mol. The van der Waals surface area contributed by atoms with Crippen molar-refractivity contribution in [2.24, 2.45) is 0 Å². The summed E-state index contributed by atoms with van der Waals surface area (Å²) in [7, 11) is -3.66. The van der Waals surface area contributed by atoms with Crippen molar-refractivity contribution in [2.45, 2.75) is 18.7 Å². The van der Waals surface area contributed by atoms with Crippen molar-refractivity contribution in [1.29, 1.82) is 0 Å². The van der Waals surface area contributed by atoms with Crippen LogP contribution < -0.4 is 10.6 Å². The van der Waals surface area contributed by atoms with Gasteiger partial charge < -0.3 is 5.32 Å². The summed E-state index contributed by atoms with van der Waals surface area (Å²) in [6, 6.07) is 12.3. The summed E-state index contributed by atoms with van der Waals surface area (Å²) in [5, 5.41) is 7.66. The molecule has 0 aliphatic carbocycles. The molecule has 0 fully saturated rings. The van der Waals surface area contributed by atoms with E-state index >= 15 is 0 Å². The van der Waals surface area contributed by atoms with E-state index in [0.717, 1.165) is 0 Å². The summed E-state index contributed by atoms with van der Waals surface area (Å²) in [6.45, 7) is 4.21. The summed E-state index contributed by atoms with van der Waals surface area (Å²) in [5.41, 5.74) is 1.12. The van der Waals surface area contributed by atoms with Gasteiger partial charge in [0.1, 0.15) is 0 Å². The van der Waals surface area contributed by atoms with Crippen LogP contribution in [0.15, 0.2) is 65.0 Å². The van der Waals surface area contributed by atoms with Crippen molar-refractivity contribution in [3.05, 3.63) is 71.2 Å². The van der Waals surface area contributed by atoms with E-state index in [2.05, 4.69) is 15.6 Å². The van der Waals surface area contributed by atoms with Crippen molar-refractivity contribution in [3.63, 3.8) is 0 Å². The van der Waals surface area contributed by atoms with E-state index in [-0.39, 0.29) is 16.4 Å². The van der Waals surface area contributed by atoms with Crippen molar-refractivity contribution in [1.82, 2.24) is 9.29 Å². The van der Waals surface area contributed by atoms with Crippen molar-refractivity contribution >= 4 is 44.0 Å². The first-order chi connectivity index (χ1) is 14.8. The molecule has 31 heavy (non-hydrogen) atoms. The third-order valence-electron chi connectivity index (χ3n) is 4.50. The van der Waals surface area contributed by atoms with Crippen LogP contribution in [0.2, 0.25) is 0 Å². The lowest BCUT2D eigenvalue weighted by Gasteiger charge is -2.18. The number of benzene rings is 2. The molecule has 0 atom stereocenters. The van der Waals surface area contributed by atoms with E-state index in [1.165, 1.54) is 33.8 Å². The van der Waals surface area contributed by atoms with Gasteiger partial charge in [-0.25, -0.2) is 13.4 Å². The quantitative estimate of drug-likeness (QED) is 0.535.